The van der Waals surface area contributed by atoms with Gasteiger partial charge < -0.3 is 10.1 Å². The van der Waals surface area contributed by atoms with E-state index in [1.54, 1.807) is 36.7 Å². The van der Waals surface area contributed by atoms with Gasteiger partial charge in [0, 0.05) is 36.8 Å². The molecule has 2 aliphatic rings. The van der Waals surface area contributed by atoms with Crippen LogP contribution in [-0.2, 0) is 6.67 Å². The molecule has 6 nitrogen and oxygen atoms in total. The number of ether oxygens (including phenoxy) is 1. The van der Waals surface area contributed by atoms with E-state index in [1.165, 1.54) is 6.42 Å². The van der Waals surface area contributed by atoms with Crippen LogP contribution in [0.15, 0.2) is 58.8 Å². The first-order chi connectivity index (χ1) is 13.8. The van der Waals surface area contributed by atoms with Crippen LogP contribution < -0.4 is 15.4 Å². The average molecular weight is 381 g/mol. The SMILES string of the molecule is FCc1ccc(OC2=NC(c3cccnc3)N=CC2NCC2CCCN2)cc1. The highest BCUT2D eigenvalue weighted by molar-refractivity contribution is 6.00. The molecule has 0 radical (unpaired) electrons. The van der Waals surface area contributed by atoms with Crippen LogP contribution in [0.4, 0.5) is 4.39 Å². The molecule has 0 amide bonds. The number of benzene rings is 1. The van der Waals surface area contributed by atoms with Crippen molar-refractivity contribution in [1.82, 2.24) is 15.6 Å². The van der Waals surface area contributed by atoms with Gasteiger partial charge >= 0.3 is 0 Å². The lowest BCUT2D eigenvalue weighted by Crippen LogP contribution is -2.47. The van der Waals surface area contributed by atoms with Gasteiger partial charge in [-0.05, 0) is 43.1 Å². The Kier molecular flexibility index (Phi) is 6.04. The van der Waals surface area contributed by atoms with Crippen LogP contribution in [-0.4, -0.2) is 42.3 Å². The number of halogens is 1. The molecule has 1 aromatic carbocycles. The van der Waals surface area contributed by atoms with Gasteiger partial charge in [0.05, 0.1) is 0 Å². The number of pyridine rings is 1. The first-order valence-electron chi connectivity index (χ1n) is 9.62. The number of aromatic nitrogens is 1. The summed E-state index contributed by atoms with van der Waals surface area (Å²) in [5, 5.41) is 6.96. The molecule has 146 valence electrons. The highest BCUT2D eigenvalue weighted by atomic mass is 19.1. The van der Waals surface area contributed by atoms with Crippen LogP contribution in [0.1, 0.15) is 30.1 Å². The van der Waals surface area contributed by atoms with Crippen LogP contribution in [0.5, 0.6) is 5.75 Å². The van der Waals surface area contributed by atoms with Crippen molar-refractivity contribution in [2.45, 2.75) is 37.8 Å². The maximum atomic E-state index is 12.8. The molecule has 1 aromatic heterocycles. The van der Waals surface area contributed by atoms with E-state index >= 15 is 0 Å². The quantitative estimate of drug-likeness (QED) is 0.807. The fourth-order valence-corrected chi connectivity index (χ4v) is 3.35. The number of hydrogen-bond donors (Lipinski definition) is 2. The zero-order valence-corrected chi connectivity index (χ0v) is 15.6. The van der Waals surface area contributed by atoms with Gasteiger partial charge in [-0.25, -0.2) is 9.38 Å². The zero-order chi connectivity index (χ0) is 19.2. The highest BCUT2D eigenvalue weighted by Crippen LogP contribution is 2.23. The Bertz CT molecular complexity index is 818. The Hall–Kier alpha value is -2.64. The molecule has 2 aliphatic heterocycles. The van der Waals surface area contributed by atoms with Crippen LogP contribution in [0.3, 0.4) is 0 Å². The fraction of sp³-hybridized carbons (Fsp3) is 0.381. The van der Waals surface area contributed by atoms with Crippen LogP contribution in [0.25, 0.3) is 0 Å². The summed E-state index contributed by atoms with van der Waals surface area (Å²) in [6.45, 7) is 1.39. The molecular weight excluding hydrogens is 357 g/mol. The van der Waals surface area contributed by atoms with E-state index in [1.807, 2.05) is 18.3 Å². The number of rotatable bonds is 6. The molecular formula is C21H24FN5O. The predicted molar refractivity (Wildman–Crippen MR) is 108 cm³/mol. The number of nitrogens with zero attached hydrogens (tertiary/aromatic N) is 3. The summed E-state index contributed by atoms with van der Waals surface area (Å²) in [6, 6.07) is 11.0. The molecule has 1 saturated heterocycles. The maximum absolute atomic E-state index is 12.8. The minimum absolute atomic E-state index is 0.212. The standard InChI is InChI=1S/C21H24FN5O/c22-11-15-5-7-18(8-6-15)28-21-19(25-13-17-4-2-10-24-17)14-26-20(27-21)16-3-1-9-23-12-16/h1,3,5-9,12,14,17,19-20,24-25H,2,4,10-11,13H2. The molecule has 4 rings (SSSR count). The molecule has 3 atom stereocenters. The van der Waals surface area contributed by atoms with Gasteiger partial charge in [-0.15, -0.1) is 0 Å². The van der Waals surface area contributed by atoms with E-state index in [0.717, 1.165) is 25.1 Å². The smallest absolute Gasteiger partial charge is 0.215 e. The Labute approximate surface area is 164 Å². The Morgan fingerprint density at radius 2 is 2.11 bits per heavy atom. The second-order valence-electron chi connectivity index (χ2n) is 6.98. The van der Waals surface area contributed by atoms with Gasteiger partial charge in [-0.2, -0.15) is 0 Å². The van der Waals surface area contributed by atoms with Crippen molar-refractivity contribution in [3.8, 4) is 5.75 Å². The lowest BCUT2D eigenvalue weighted by molar-refractivity contribution is 0.474. The monoisotopic (exact) mass is 381 g/mol. The van der Waals surface area contributed by atoms with Crippen molar-refractivity contribution in [1.29, 1.82) is 0 Å². The van der Waals surface area contributed by atoms with Gasteiger partial charge in [0.15, 0.2) is 6.17 Å². The molecule has 28 heavy (non-hydrogen) atoms. The zero-order valence-electron chi connectivity index (χ0n) is 15.6. The Balaban J connectivity index is 1.51. The van der Waals surface area contributed by atoms with Gasteiger partial charge in [0.25, 0.3) is 0 Å². The van der Waals surface area contributed by atoms with Gasteiger partial charge in [-0.3, -0.25) is 15.3 Å². The Morgan fingerprint density at radius 1 is 1.21 bits per heavy atom. The lowest BCUT2D eigenvalue weighted by Gasteiger charge is -2.24. The van der Waals surface area contributed by atoms with E-state index in [4.69, 9.17) is 9.73 Å². The average Bonchev–Trinajstić information content (AvgIpc) is 3.28. The summed E-state index contributed by atoms with van der Waals surface area (Å²) in [5.41, 5.74) is 1.53. The first kappa shape index (κ1) is 18.7. The number of aliphatic imine (C=N–C) groups is 2. The van der Waals surface area contributed by atoms with E-state index in [-0.39, 0.29) is 12.2 Å². The molecule has 3 unspecified atom stereocenters. The van der Waals surface area contributed by atoms with Crippen molar-refractivity contribution >= 4 is 12.1 Å². The second kappa shape index (κ2) is 9.03. The van der Waals surface area contributed by atoms with Crippen LogP contribution in [0, 0.1) is 0 Å². The van der Waals surface area contributed by atoms with Crippen molar-refractivity contribution in [2.75, 3.05) is 13.1 Å². The van der Waals surface area contributed by atoms with E-state index in [9.17, 15) is 4.39 Å². The third kappa shape index (κ3) is 4.61. The molecule has 0 spiro atoms. The summed E-state index contributed by atoms with van der Waals surface area (Å²) in [6.07, 6.45) is 7.32. The molecule has 2 N–H and O–H groups in total. The number of nitrogens with one attached hydrogen (secondary N) is 2. The summed E-state index contributed by atoms with van der Waals surface area (Å²) in [7, 11) is 0. The first-order valence-corrected chi connectivity index (χ1v) is 9.62. The lowest BCUT2D eigenvalue weighted by atomic mass is 10.1. The largest absolute Gasteiger partial charge is 0.441 e. The summed E-state index contributed by atoms with van der Waals surface area (Å²) < 4.78 is 18.8. The molecule has 1 fully saturated rings. The third-order valence-corrected chi connectivity index (χ3v) is 4.92. The van der Waals surface area contributed by atoms with Crippen molar-refractivity contribution in [3.63, 3.8) is 0 Å². The van der Waals surface area contributed by atoms with Crippen molar-refractivity contribution < 1.29 is 9.13 Å². The van der Waals surface area contributed by atoms with Gasteiger partial charge in [-0.1, -0.05) is 18.2 Å². The molecule has 7 heteroatoms. The highest BCUT2D eigenvalue weighted by Gasteiger charge is 2.25. The molecule has 3 heterocycles. The van der Waals surface area contributed by atoms with Gasteiger partial charge in [0.1, 0.15) is 18.5 Å². The maximum Gasteiger partial charge on any atom is 0.215 e. The van der Waals surface area contributed by atoms with Crippen molar-refractivity contribution in [3.05, 3.63) is 59.9 Å². The van der Waals surface area contributed by atoms with E-state index < -0.39 is 6.67 Å². The van der Waals surface area contributed by atoms with Crippen molar-refractivity contribution in [2.24, 2.45) is 9.98 Å². The van der Waals surface area contributed by atoms with Crippen LogP contribution in [0.2, 0.25) is 0 Å². The van der Waals surface area contributed by atoms with E-state index in [2.05, 4.69) is 20.6 Å². The Morgan fingerprint density at radius 3 is 2.82 bits per heavy atom. The number of alkyl halides is 1. The molecule has 0 aliphatic carbocycles. The second-order valence-corrected chi connectivity index (χ2v) is 6.98. The minimum Gasteiger partial charge on any atom is -0.441 e. The number of hydrogen-bond acceptors (Lipinski definition) is 6. The molecule has 2 aromatic rings. The normalized spacial score (nSPS) is 24.2. The predicted octanol–water partition coefficient (Wildman–Crippen LogP) is 2.82. The topological polar surface area (TPSA) is 70.9 Å². The summed E-state index contributed by atoms with van der Waals surface area (Å²) in [5.74, 6) is 1.18. The summed E-state index contributed by atoms with van der Waals surface area (Å²) >= 11 is 0. The third-order valence-electron chi connectivity index (χ3n) is 4.92. The fourth-order valence-electron chi connectivity index (χ4n) is 3.35. The minimum atomic E-state index is -0.491. The van der Waals surface area contributed by atoms with Crippen LogP contribution >= 0.6 is 0 Å². The summed E-state index contributed by atoms with van der Waals surface area (Å²) in [4.78, 5) is 13.4. The molecule has 0 bridgehead atoms. The van der Waals surface area contributed by atoms with E-state index in [0.29, 0.717) is 23.3 Å². The molecule has 0 saturated carbocycles. The van der Waals surface area contributed by atoms with Gasteiger partial charge in [0.2, 0.25) is 5.90 Å².